The zero-order valence-electron chi connectivity index (χ0n) is 17.0. The van der Waals surface area contributed by atoms with Crippen molar-refractivity contribution in [2.45, 2.75) is 39.5 Å². The highest BCUT2D eigenvalue weighted by Gasteiger charge is 2.28. The van der Waals surface area contributed by atoms with E-state index in [9.17, 15) is 19.1 Å². The van der Waals surface area contributed by atoms with Gasteiger partial charge in [0.2, 0.25) is 5.75 Å². The SMILES string of the molecule is CCC1OCCn2c1nc(C(=O)NCc1ccc(F)cc1-n1cnc(C)n1)c(O)c2=O. The lowest BCUT2D eigenvalue weighted by Gasteiger charge is -2.26. The summed E-state index contributed by atoms with van der Waals surface area (Å²) in [5, 5.41) is 17.1. The van der Waals surface area contributed by atoms with E-state index in [-0.39, 0.29) is 18.8 Å². The van der Waals surface area contributed by atoms with Crippen LogP contribution in [0.2, 0.25) is 0 Å². The number of amides is 1. The van der Waals surface area contributed by atoms with E-state index in [1.165, 1.54) is 33.8 Å². The largest absolute Gasteiger partial charge is 0.501 e. The number of aromatic hydroxyl groups is 1. The first-order valence-corrected chi connectivity index (χ1v) is 9.79. The van der Waals surface area contributed by atoms with Crippen LogP contribution in [0.3, 0.4) is 0 Å². The summed E-state index contributed by atoms with van der Waals surface area (Å²) in [6.07, 6.45) is 1.57. The predicted molar refractivity (Wildman–Crippen MR) is 106 cm³/mol. The van der Waals surface area contributed by atoms with Crippen molar-refractivity contribution in [3.05, 3.63) is 63.6 Å². The van der Waals surface area contributed by atoms with Gasteiger partial charge in [-0.3, -0.25) is 14.2 Å². The molecule has 0 saturated heterocycles. The fraction of sp³-hybridized carbons (Fsp3) is 0.350. The summed E-state index contributed by atoms with van der Waals surface area (Å²) in [5.41, 5.74) is -0.0930. The minimum Gasteiger partial charge on any atom is -0.501 e. The average molecular weight is 428 g/mol. The maximum absolute atomic E-state index is 13.8. The van der Waals surface area contributed by atoms with E-state index in [1.54, 1.807) is 6.92 Å². The molecular formula is C20H21FN6O4. The molecule has 1 aliphatic rings. The van der Waals surface area contributed by atoms with Crippen molar-refractivity contribution in [1.82, 2.24) is 29.6 Å². The molecule has 0 saturated carbocycles. The first kappa shape index (κ1) is 20.7. The summed E-state index contributed by atoms with van der Waals surface area (Å²) in [6.45, 7) is 4.14. The number of nitrogens with one attached hydrogen (secondary N) is 1. The lowest BCUT2D eigenvalue weighted by molar-refractivity contribution is 0.0113. The average Bonchev–Trinajstić information content (AvgIpc) is 3.20. The molecule has 2 N–H and O–H groups in total. The monoisotopic (exact) mass is 428 g/mol. The van der Waals surface area contributed by atoms with E-state index in [0.29, 0.717) is 35.9 Å². The van der Waals surface area contributed by atoms with Crippen LogP contribution in [0.25, 0.3) is 5.69 Å². The van der Waals surface area contributed by atoms with Crippen molar-refractivity contribution in [2.24, 2.45) is 0 Å². The number of carbonyl (C=O) groups is 1. The Bertz CT molecular complexity index is 1200. The molecular weight excluding hydrogens is 407 g/mol. The van der Waals surface area contributed by atoms with Gasteiger partial charge in [-0.05, 0) is 31.0 Å². The van der Waals surface area contributed by atoms with Crippen molar-refractivity contribution in [3.63, 3.8) is 0 Å². The molecule has 3 aromatic rings. The van der Waals surface area contributed by atoms with Crippen LogP contribution in [-0.2, 0) is 17.8 Å². The fourth-order valence-corrected chi connectivity index (χ4v) is 3.46. The highest BCUT2D eigenvalue weighted by atomic mass is 19.1. The van der Waals surface area contributed by atoms with Gasteiger partial charge in [0.05, 0.1) is 18.8 Å². The van der Waals surface area contributed by atoms with Crippen molar-refractivity contribution in [1.29, 1.82) is 0 Å². The smallest absolute Gasteiger partial charge is 0.296 e. The number of rotatable bonds is 5. The summed E-state index contributed by atoms with van der Waals surface area (Å²) < 4.78 is 22.1. The lowest BCUT2D eigenvalue weighted by Crippen LogP contribution is -2.36. The zero-order valence-corrected chi connectivity index (χ0v) is 17.0. The third kappa shape index (κ3) is 3.91. The zero-order chi connectivity index (χ0) is 22.1. The van der Waals surface area contributed by atoms with Gasteiger partial charge in [0.15, 0.2) is 5.69 Å². The first-order chi connectivity index (χ1) is 14.9. The lowest BCUT2D eigenvalue weighted by atomic mass is 10.1. The molecule has 1 unspecified atom stereocenters. The van der Waals surface area contributed by atoms with Gasteiger partial charge in [0.25, 0.3) is 11.5 Å². The third-order valence-electron chi connectivity index (χ3n) is 5.02. The maximum Gasteiger partial charge on any atom is 0.296 e. The van der Waals surface area contributed by atoms with Crippen molar-refractivity contribution in [2.75, 3.05) is 6.61 Å². The minimum atomic E-state index is -0.733. The van der Waals surface area contributed by atoms with Gasteiger partial charge in [-0.1, -0.05) is 13.0 Å². The minimum absolute atomic E-state index is 0.0133. The van der Waals surface area contributed by atoms with Gasteiger partial charge in [-0.15, -0.1) is 0 Å². The molecule has 4 rings (SSSR count). The van der Waals surface area contributed by atoms with Crippen LogP contribution >= 0.6 is 0 Å². The number of halogens is 1. The fourth-order valence-electron chi connectivity index (χ4n) is 3.46. The standard InChI is InChI=1S/C20H21FN6O4/c1-3-15-18-24-16(17(28)20(30)26(18)6-7-31-15)19(29)22-9-12-4-5-13(21)8-14(12)27-10-23-11(2)25-27/h4-5,8,10,15,28H,3,6-7,9H2,1-2H3,(H,22,29). The van der Waals surface area contributed by atoms with Gasteiger partial charge in [-0.2, -0.15) is 5.10 Å². The number of hydrogen-bond donors (Lipinski definition) is 2. The highest BCUT2D eigenvalue weighted by Crippen LogP contribution is 2.24. The third-order valence-corrected chi connectivity index (χ3v) is 5.02. The molecule has 31 heavy (non-hydrogen) atoms. The molecule has 0 bridgehead atoms. The van der Waals surface area contributed by atoms with Crippen LogP contribution in [0.5, 0.6) is 5.75 Å². The van der Waals surface area contributed by atoms with E-state index < -0.39 is 29.1 Å². The molecule has 0 aliphatic carbocycles. The summed E-state index contributed by atoms with van der Waals surface area (Å²) in [5.74, 6) is -1.10. The van der Waals surface area contributed by atoms with E-state index in [4.69, 9.17) is 4.74 Å². The number of benzene rings is 1. The number of carbonyl (C=O) groups excluding carboxylic acids is 1. The molecule has 3 heterocycles. The topological polar surface area (TPSA) is 124 Å². The van der Waals surface area contributed by atoms with Gasteiger partial charge in [0.1, 0.15) is 29.9 Å². The molecule has 1 aliphatic heterocycles. The van der Waals surface area contributed by atoms with E-state index in [1.807, 2.05) is 6.92 Å². The molecule has 1 amide bonds. The molecule has 162 valence electrons. The number of nitrogens with zero attached hydrogens (tertiary/aromatic N) is 5. The quantitative estimate of drug-likeness (QED) is 0.629. The van der Waals surface area contributed by atoms with Gasteiger partial charge >= 0.3 is 0 Å². The Morgan fingerprint density at radius 1 is 1.42 bits per heavy atom. The Balaban J connectivity index is 1.62. The summed E-state index contributed by atoms with van der Waals surface area (Å²) >= 11 is 0. The Hall–Kier alpha value is -3.60. The van der Waals surface area contributed by atoms with Gasteiger partial charge < -0.3 is 15.2 Å². The molecule has 0 fully saturated rings. The molecule has 1 atom stereocenters. The molecule has 11 heteroatoms. The number of fused-ring (bicyclic) bond motifs is 1. The maximum atomic E-state index is 13.8. The van der Waals surface area contributed by atoms with Crippen LogP contribution in [0, 0.1) is 12.7 Å². The number of aromatic nitrogens is 5. The molecule has 10 nitrogen and oxygen atoms in total. The number of ether oxygens (including phenoxy) is 1. The van der Waals surface area contributed by atoms with E-state index >= 15 is 0 Å². The van der Waals surface area contributed by atoms with Gasteiger partial charge in [0, 0.05) is 6.54 Å². The Kier molecular flexibility index (Phi) is 5.51. The highest BCUT2D eigenvalue weighted by molar-refractivity contribution is 5.94. The molecule has 1 aromatic carbocycles. The Morgan fingerprint density at radius 3 is 2.94 bits per heavy atom. The van der Waals surface area contributed by atoms with Gasteiger partial charge in [-0.25, -0.2) is 19.0 Å². The number of aryl methyl sites for hydroxylation is 1. The second-order valence-corrected chi connectivity index (χ2v) is 7.08. The first-order valence-electron chi connectivity index (χ1n) is 9.79. The Morgan fingerprint density at radius 2 is 2.23 bits per heavy atom. The summed E-state index contributed by atoms with van der Waals surface area (Å²) in [6, 6.07) is 4.05. The van der Waals surface area contributed by atoms with Crippen LogP contribution in [0.4, 0.5) is 4.39 Å². The van der Waals surface area contributed by atoms with Crippen molar-refractivity contribution >= 4 is 5.91 Å². The molecule has 0 spiro atoms. The number of hydrogen-bond acceptors (Lipinski definition) is 7. The molecule has 0 radical (unpaired) electrons. The van der Waals surface area contributed by atoms with Crippen LogP contribution in [0.15, 0.2) is 29.3 Å². The summed E-state index contributed by atoms with van der Waals surface area (Å²) in [4.78, 5) is 33.5. The van der Waals surface area contributed by atoms with Crippen molar-refractivity contribution < 1.29 is 19.0 Å². The van der Waals surface area contributed by atoms with E-state index in [2.05, 4.69) is 20.4 Å². The van der Waals surface area contributed by atoms with Crippen LogP contribution < -0.4 is 10.9 Å². The van der Waals surface area contributed by atoms with Crippen LogP contribution in [0.1, 0.15) is 47.1 Å². The van der Waals surface area contributed by atoms with Crippen molar-refractivity contribution in [3.8, 4) is 11.4 Å². The summed E-state index contributed by atoms with van der Waals surface area (Å²) in [7, 11) is 0. The van der Waals surface area contributed by atoms with E-state index in [0.717, 1.165) is 0 Å². The second-order valence-electron chi connectivity index (χ2n) is 7.08. The Labute approximate surface area is 176 Å². The molecule has 2 aromatic heterocycles. The van der Waals surface area contributed by atoms with Crippen LogP contribution in [-0.4, -0.2) is 41.9 Å². The predicted octanol–water partition coefficient (Wildman–Crippen LogP) is 1.39. The normalized spacial score (nSPS) is 15.5. The second kappa shape index (κ2) is 8.26.